The van der Waals surface area contributed by atoms with E-state index in [1.807, 2.05) is 0 Å². The minimum Gasteiger partial charge on any atom is -0.311 e. The maximum Gasteiger partial charge on any atom is 0.252 e. The fraction of sp³-hybridized carbons (Fsp3) is 0.229. The van der Waals surface area contributed by atoms with Crippen LogP contribution < -0.4 is 26.2 Å². The molecule has 1 aromatic heterocycles. The molecular weight excluding hydrogens is 894 g/mol. The molecule has 0 atom stereocenters. The lowest BCUT2D eigenvalue weighted by molar-refractivity contribution is 0.568. The number of benzene rings is 9. The summed E-state index contributed by atoms with van der Waals surface area (Å²) in [5.41, 5.74) is 24.5. The Balaban J connectivity index is 1.23. The standard InChI is InChI=1S/C70H68BN3/c1-67(2,3)49-37-50(68(4,5)6)40-53(39-49)73-62-29-21-19-27-58(62)71-59-28-20-22-30-63(59)74(54-41-51(69(7,8)9)38-52(42-54)70(10,11)12)65-44-55(43-64(73)66(65)71)72-60-33-31-47(45-23-15-13-16-24-45)35-56(60)57-36-48(32-34-61(57)72)46-25-17-14-18-26-46/h13-44H,1-12H3. The van der Waals surface area contributed by atoms with Crippen LogP contribution in [-0.2, 0) is 21.7 Å². The predicted molar refractivity (Wildman–Crippen MR) is 320 cm³/mol. The number of para-hydroxylation sites is 2. The molecule has 0 radical (unpaired) electrons. The average Bonchev–Trinajstić information content (AvgIpc) is 3.78. The maximum absolute atomic E-state index is 2.62. The molecular formula is C70H68BN3. The summed E-state index contributed by atoms with van der Waals surface area (Å²) in [6.45, 7) is 28.2. The van der Waals surface area contributed by atoms with E-state index in [9.17, 15) is 0 Å². The normalized spacial score (nSPS) is 13.6. The van der Waals surface area contributed by atoms with Crippen molar-refractivity contribution in [1.82, 2.24) is 4.57 Å². The Bertz CT molecular complexity index is 3520. The van der Waals surface area contributed by atoms with Crippen LogP contribution in [0.5, 0.6) is 0 Å². The second kappa shape index (κ2) is 17.0. The van der Waals surface area contributed by atoms with Gasteiger partial charge in [0.1, 0.15) is 0 Å². The topological polar surface area (TPSA) is 11.4 Å². The molecule has 366 valence electrons. The molecule has 4 heteroatoms. The number of rotatable bonds is 5. The highest BCUT2D eigenvalue weighted by atomic mass is 15.2. The monoisotopic (exact) mass is 962 g/mol. The van der Waals surface area contributed by atoms with Gasteiger partial charge in [0.25, 0.3) is 6.71 Å². The molecule has 10 aromatic rings. The molecule has 74 heavy (non-hydrogen) atoms. The Labute approximate surface area is 440 Å². The fourth-order valence-corrected chi connectivity index (χ4v) is 11.7. The van der Waals surface area contributed by atoms with Gasteiger partial charge in [-0.15, -0.1) is 0 Å². The van der Waals surface area contributed by atoms with Gasteiger partial charge in [0.15, 0.2) is 0 Å². The summed E-state index contributed by atoms with van der Waals surface area (Å²) in [5, 5.41) is 2.46. The molecule has 0 N–H and O–H groups in total. The molecule has 0 fully saturated rings. The SMILES string of the molecule is CC(C)(C)c1cc(N2c3ccccc3B3c4ccccc4N(c4cc(C(C)(C)C)cc(C(C)(C)C)c4)c4cc(-n5c6ccc(-c7ccccc7)cc6c6cc(-c7ccccc7)ccc65)cc2c43)cc(C(C)(C)C)c1. The van der Waals surface area contributed by atoms with Crippen molar-refractivity contribution in [3.8, 4) is 27.9 Å². The highest BCUT2D eigenvalue weighted by molar-refractivity contribution is 7.00. The van der Waals surface area contributed by atoms with Crippen molar-refractivity contribution in [3.05, 3.63) is 216 Å². The Kier molecular flexibility index (Phi) is 10.9. The highest BCUT2D eigenvalue weighted by Crippen LogP contribution is 2.49. The van der Waals surface area contributed by atoms with Gasteiger partial charge in [0, 0.05) is 44.9 Å². The molecule has 3 nitrogen and oxygen atoms in total. The molecule has 2 aliphatic rings. The number of hydrogen-bond donors (Lipinski definition) is 0. The smallest absolute Gasteiger partial charge is 0.252 e. The van der Waals surface area contributed by atoms with Crippen LogP contribution in [0.4, 0.5) is 34.1 Å². The summed E-state index contributed by atoms with van der Waals surface area (Å²) in [7, 11) is 0. The van der Waals surface area contributed by atoms with Gasteiger partial charge in [-0.25, -0.2) is 0 Å². The largest absolute Gasteiger partial charge is 0.311 e. The van der Waals surface area contributed by atoms with E-state index in [0.717, 1.165) is 5.69 Å². The minimum atomic E-state index is -0.0755. The zero-order valence-electron chi connectivity index (χ0n) is 45.4. The molecule has 0 aliphatic carbocycles. The average molecular weight is 962 g/mol. The first-order valence-electron chi connectivity index (χ1n) is 26.7. The third-order valence-electron chi connectivity index (χ3n) is 15.9. The molecule has 0 spiro atoms. The number of aromatic nitrogens is 1. The van der Waals surface area contributed by atoms with Crippen LogP contribution in [0.25, 0.3) is 49.7 Å². The first kappa shape index (κ1) is 47.4. The Morgan fingerprint density at radius 1 is 0.297 bits per heavy atom. The molecule has 0 amide bonds. The van der Waals surface area contributed by atoms with E-state index in [-0.39, 0.29) is 28.4 Å². The summed E-state index contributed by atoms with van der Waals surface area (Å²) in [4.78, 5) is 5.23. The third kappa shape index (κ3) is 7.97. The molecule has 0 saturated carbocycles. The number of fused-ring (bicyclic) bond motifs is 7. The zero-order valence-corrected chi connectivity index (χ0v) is 45.4. The van der Waals surface area contributed by atoms with Crippen molar-refractivity contribution < 1.29 is 0 Å². The molecule has 3 heterocycles. The van der Waals surface area contributed by atoms with Crippen LogP contribution >= 0.6 is 0 Å². The molecule has 0 saturated heterocycles. The minimum absolute atomic E-state index is 0.00488. The van der Waals surface area contributed by atoms with Crippen molar-refractivity contribution in [2.75, 3.05) is 9.80 Å². The molecule has 0 unspecified atom stereocenters. The lowest BCUT2D eigenvalue weighted by Gasteiger charge is -2.45. The molecule has 12 rings (SSSR count). The van der Waals surface area contributed by atoms with Gasteiger partial charge < -0.3 is 14.4 Å². The maximum atomic E-state index is 2.62. The van der Waals surface area contributed by atoms with E-state index in [4.69, 9.17) is 0 Å². The van der Waals surface area contributed by atoms with Crippen LogP contribution in [0.2, 0.25) is 0 Å². The van der Waals surface area contributed by atoms with Gasteiger partial charge in [-0.2, -0.15) is 0 Å². The molecule has 2 aliphatic heterocycles. The van der Waals surface area contributed by atoms with Crippen LogP contribution in [0.1, 0.15) is 105 Å². The zero-order chi connectivity index (χ0) is 51.6. The molecule has 9 aromatic carbocycles. The molecule has 0 bridgehead atoms. The van der Waals surface area contributed by atoms with E-state index >= 15 is 0 Å². The van der Waals surface area contributed by atoms with Crippen LogP contribution in [0, 0.1) is 0 Å². The van der Waals surface area contributed by atoms with Crippen molar-refractivity contribution in [1.29, 1.82) is 0 Å². The van der Waals surface area contributed by atoms with Gasteiger partial charge in [0.2, 0.25) is 0 Å². The highest BCUT2D eigenvalue weighted by Gasteiger charge is 2.44. The van der Waals surface area contributed by atoms with Crippen molar-refractivity contribution in [2.45, 2.75) is 105 Å². The van der Waals surface area contributed by atoms with Crippen LogP contribution in [-0.4, -0.2) is 11.3 Å². The third-order valence-corrected chi connectivity index (χ3v) is 15.9. The van der Waals surface area contributed by atoms with Gasteiger partial charge >= 0.3 is 0 Å². The second-order valence-electron chi connectivity index (χ2n) is 25.2. The number of anilines is 6. The number of nitrogens with zero attached hydrogens (tertiary/aromatic N) is 3. The fourth-order valence-electron chi connectivity index (χ4n) is 11.7. The lowest BCUT2D eigenvalue weighted by Crippen LogP contribution is -2.61. The summed E-state index contributed by atoms with van der Waals surface area (Å²) < 4.78 is 2.55. The van der Waals surface area contributed by atoms with Gasteiger partial charge in [-0.3, -0.25) is 0 Å². The summed E-state index contributed by atoms with van der Waals surface area (Å²) >= 11 is 0. The van der Waals surface area contributed by atoms with E-state index in [1.165, 1.54) is 117 Å². The van der Waals surface area contributed by atoms with E-state index in [0.29, 0.717) is 0 Å². The Hall–Kier alpha value is -7.56. The van der Waals surface area contributed by atoms with Crippen LogP contribution in [0.15, 0.2) is 194 Å². The second-order valence-corrected chi connectivity index (χ2v) is 25.2. The van der Waals surface area contributed by atoms with Gasteiger partial charge in [-0.1, -0.05) is 204 Å². The summed E-state index contributed by atoms with van der Waals surface area (Å²) in [6.07, 6.45) is 0. The summed E-state index contributed by atoms with van der Waals surface area (Å²) in [5.74, 6) is 0. The quantitative estimate of drug-likeness (QED) is 0.159. The Morgan fingerprint density at radius 3 is 1.01 bits per heavy atom. The van der Waals surface area contributed by atoms with E-state index < -0.39 is 0 Å². The van der Waals surface area contributed by atoms with Crippen molar-refractivity contribution >= 4 is 79.0 Å². The lowest BCUT2D eigenvalue weighted by atomic mass is 9.33. The number of hydrogen-bond acceptors (Lipinski definition) is 2. The van der Waals surface area contributed by atoms with E-state index in [1.54, 1.807) is 0 Å². The van der Waals surface area contributed by atoms with Gasteiger partial charge in [0.05, 0.1) is 16.7 Å². The predicted octanol–water partition coefficient (Wildman–Crippen LogP) is 17.4. The van der Waals surface area contributed by atoms with Crippen LogP contribution in [0.3, 0.4) is 0 Å². The summed E-state index contributed by atoms with van der Waals surface area (Å²) in [6, 6.07) is 74.1. The van der Waals surface area contributed by atoms with Crippen molar-refractivity contribution in [2.24, 2.45) is 0 Å². The first-order chi connectivity index (χ1) is 35.2. The van der Waals surface area contributed by atoms with Crippen molar-refractivity contribution in [3.63, 3.8) is 0 Å². The van der Waals surface area contributed by atoms with Gasteiger partial charge in [-0.05, 0) is 155 Å². The van der Waals surface area contributed by atoms with E-state index in [2.05, 4.69) is 292 Å². The Morgan fingerprint density at radius 2 is 0.649 bits per heavy atom. The first-order valence-corrected chi connectivity index (χ1v) is 26.7.